The van der Waals surface area contributed by atoms with E-state index in [2.05, 4.69) is 72.2 Å². The predicted octanol–water partition coefficient (Wildman–Crippen LogP) is 3.65. The van der Waals surface area contributed by atoms with Crippen LogP contribution in [0.3, 0.4) is 0 Å². The van der Waals surface area contributed by atoms with Gasteiger partial charge in [0.2, 0.25) is 0 Å². The van der Waals surface area contributed by atoms with Gasteiger partial charge >= 0.3 is 0 Å². The quantitative estimate of drug-likeness (QED) is 0.772. The highest BCUT2D eigenvalue weighted by molar-refractivity contribution is 5.72. The predicted molar refractivity (Wildman–Crippen MR) is 72.3 cm³/mol. The van der Waals surface area contributed by atoms with Crippen LogP contribution in [0.25, 0.3) is 0 Å². The van der Waals surface area contributed by atoms with Gasteiger partial charge in [0, 0.05) is 6.04 Å². The smallest absolute Gasteiger partial charge is 0.0713 e. The van der Waals surface area contributed by atoms with Gasteiger partial charge in [-0.15, -0.1) is 0 Å². The molecule has 3 rings (SSSR count). The molecule has 2 N–H and O–H groups in total. The molecule has 2 aromatic rings. The first-order valence-electron chi connectivity index (χ1n) is 6.01. The van der Waals surface area contributed by atoms with Crippen LogP contribution in [0.1, 0.15) is 18.5 Å². The van der Waals surface area contributed by atoms with Gasteiger partial charge in [0.05, 0.1) is 17.4 Å². The van der Waals surface area contributed by atoms with Gasteiger partial charge < -0.3 is 10.6 Å². The monoisotopic (exact) mass is 224 g/mol. The molecule has 0 amide bonds. The maximum Gasteiger partial charge on any atom is 0.0713 e. The third-order valence-electron chi connectivity index (χ3n) is 3.28. The Hall–Kier alpha value is -1.96. The molecule has 1 aliphatic rings. The van der Waals surface area contributed by atoms with Crippen molar-refractivity contribution in [2.75, 3.05) is 10.6 Å². The van der Waals surface area contributed by atoms with Gasteiger partial charge in [-0.2, -0.15) is 0 Å². The Bertz CT molecular complexity index is 507. The summed E-state index contributed by atoms with van der Waals surface area (Å²) in [6.07, 6.45) is 0. The zero-order chi connectivity index (χ0) is 11.7. The molecular formula is C15H16N2. The lowest BCUT2D eigenvalue weighted by Crippen LogP contribution is -2.34. The van der Waals surface area contributed by atoms with E-state index < -0.39 is 0 Å². The minimum atomic E-state index is 0.325. The lowest BCUT2D eigenvalue weighted by Gasteiger charge is -2.34. The Labute approximate surface area is 102 Å². The minimum Gasteiger partial charge on any atom is -0.379 e. The molecule has 0 aliphatic carbocycles. The largest absolute Gasteiger partial charge is 0.379 e. The molecule has 0 saturated carbocycles. The molecule has 2 nitrogen and oxygen atoms in total. The van der Waals surface area contributed by atoms with Gasteiger partial charge in [-0.05, 0) is 24.6 Å². The zero-order valence-corrected chi connectivity index (χ0v) is 9.85. The molecule has 0 fully saturated rings. The molecule has 0 bridgehead atoms. The second kappa shape index (κ2) is 4.13. The second-order valence-corrected chi connectivity index (χ2v) is 4.51. The Morgan fingerprint density at radius 1 is 0.765 bits per heavy atom. The number of rotatable bonds is 1. The molecule has 86 valence electrons. The normalized spacial score (nSPS) is 22.2. The van der Waals surface area contributed by atoms with E-state index in [1.807, 2.05) is 0 Å². The van der Waals surface area contributed by atoms with Crippen molar-refractivity contribution in [3.05, 3.63) is 60.2 Å². The van der Waals surface area contributed by atoms with Crippen LogP contribution in [0.15, 0.2) is 54.6 Å². The first-order valence-corrected chi connectivity index (χ1v) is 6.01. The van der Waals surface area contributed by atoms with Gasteiger partial charge in [0.15, 0.2) is 0 Å². The lowest BCUT2D eigenvalue weighted by atomic mass is 9.97. The summed E-state index contributed by atoms with van der Waals surface area (Å²) in [6, 6.07) is 19.6. The van der Waals surface area contributed by atoms with Crippen molar-refractivity contribution >= 4 is 11.4 Å². The molecule has 0 spiro atoms. The van der Waals surface area contributed by atoms with E-state index >= 15 is 0 Å². The standard InChI is InChI=1S/C15H16N2/c1-11-15(12-7-3-2-4-8-12)17-14-10-6-5-9-13(14)16-11/h2-11,15-17H,1H3/t11-,15-/m1/s1. The number of fused-ring (bicyclic) bond motifs is 1. The molecule has 1 aliphatic heterocycles. The second-order valence-electron chi connectivity index (χ2n) is 4.51. The van der Waals surface area contributed by atoms with Gasteiger partial charge in [-0.25, -0.2) is 0 Å². The minimum absolute atomic E-state index is 0.325. The van der Waals surface area contributed by atoms with Crippen LogP contribution < -0.4 is 10.6 Å². The van der Waals surface area contributed by atoms with Crippen LogP contribution in [0.4, 0.5) is 11.4 Å². The van der Waals surface area contributed by atoms with Crippen molar-refractivity contribution in [3.63, 3.8) is 0 Å². The summed E-state index contributed by atoms with van der Waals surface area (Å²) in [5.41, 5.74) is 3.69. The van der Waals surface area contributed by atoms with Crippen LogP contribution in [-0.4, -0.2) is 6.04 Å². The molecule has 17 heavy (non-hydrogen) atoms. The topological polar surface area (TPSA) is 24.1 Å². The average Bonchev–Trinajstić information content (AvgIpc) is 2.39. The van der Waals surface area contributed by atoms with Crippen LogP contribution in [0, 0.1) is 0 Å². The Kier molecular flexibility index (Phi) is 2.48. The van der Waals surface area contributed by atoms with Crippen molar-refractivity contribution in [1.82, 2.24) is 0 Å². The van der Waals surface area contributed by atoms with Crippen molar-refractivity contribution in [1.29, 1.82) is 0 Å². The highest BCUT2D eigenvalue weighted by Crippen LogP contribution is 2.34. The number of para-hydroxylation sites is 2. The maximum absolute atomic E-state index is 3.60. The lowest BCUT2D eigenvalue weighted by molar-refractivity contribution is 0.650. The summed E-state index contributed by atoms with van der Waals surface area (Å²) in [6.45, 7) is 2.21. The Morgan fingerprint density at radius 3 is 2.06 bits per heavy atom. The van der Waals surface area contributed by atoms with E-state index in [-0.39, 0.29) is 0 Å². The molecule has 0 saturated heterocycles. The molecule has 2 aromatic carbocycles. The van der Waals surface area contributed by atoms with Crippen LogP contribution in [0.2, 0.25) is 0 Å². The zero-order valence-electron chi connectivity index (χ0n) is 9.85. The molecule has 0 unspecified atom stereocenters. The SMILES string of the molecule is C[C@H]1Nc2ccccc2N[C@H]1c1ccccc1. The average molecular weight is 224 g/mol. The highest BCUT2D eigenvalue weighted by Gasteiger charge is 2.24. The Morgan fingerprint density at radius 2 is 1.35 bits per heavy atom. The molecule has 1 heterocycles. The molecule has 2 atom stereocenters. The fraction of sp³-hybridized carbons (Fsp3) is 0.200. The summed E-state index contributed by atoms with van der Waals surface area (Å²) < 4.78 is 0. The first-order chi connectivity index (χ1) is 8.34. The number of nitrogens with one attached hydrogen (secondary N) is 2. The van der Waals surface area contributed by atoms with Crippen molar-refractivity contribution in [2.24, 2.45) is 0 Å². The number of benzene rings is 2. The Balaban J connectivity index is 1.95. The van der Waals surface area contributed by atoms with Crippen molar-refractivity contribution < 1.29 is 0 Å². The van der Waals surface area contributed by atoms with Crippen LogP contribution in [0.5, 0.6) is 0 Å². The molecule has 2 heteroatoms. The summed E-state index contributed by atoms with van der Waals surface area (Å²) in [7, 11) is 0. The number of hydrogen-bond donors (Lipinski definition) is 2. The third kappa shape index (κ3) is 1.86. The van der Waals surface area contributed by atoms with E-state index in [1.165, 1.54) is 16.9 Å². The van der Waals surface area contributed by atoms with E-state index in [9.17, 15) is 0 Å². The van der Waals surface area contributed by atoms with Gasteiger partial charge in [-0.1, -0.05) is 42.5 Å². The van der Waals surface area contributed by atoms with Gasteiger partial charge in [0.1, 0.15) is 0 Å². The first kappa shape index (κ1) is 10.2. The van der Waals surface area contributed by atoms with Crippen LogP contribution >= 0.6 is 0 Å². The van der Waals surface area contributed by atoms with Crippen LogP contribution in [-0.2, 0) is 0 Å². The fourth-order valence-electron chi connectivity index (χ4n) is 2.39. The number of hydrogen-bond acceptors (Lipinski definition) is 2. The van der Waals surface area contributed by atoms with E-state index in [0.29, 0.717) is 12.1 Å². The highest BCUT2D eigenvalue weighted by atomic mass is 15.1. The fourth-order valence-corrected chi connectivity index (χ4v) is 2.39. The molecule has 0 radical (unpaired) electrons. The van der Waals surface area contributed by atoms with Crippen molar-refractivity contribution in [2.45, 2.75) is 19.0 Å². The number of anilines is 2. The van der Waals surface area contributed by atoms with E-state index in [1.54, 1.807) is 0 Å². The summed E-state index contributed by atoms with van der Waals surface area (Å²) >= 11 is 0. The van der Waals surface area contributed by atoms with E-state index in [4.69, 9.17) is 0 Å². The van der Waals surface area contributed by atoms with E-state index in [0.717, 1.165) is 0 Å². The summed E-state index contributed by atoms with van der Waals surface area (Å²) in [4.78, 5) is 0. The van der Waals surface area contributed by atoms with Gasteiger partial charge in [-0.3, -0.25) is 0 Å². The maximum atomic E-state index is 3.60. The summed E-state index contributed by atoms with van der Waals surface area (Å²) in [5, 5.41) is 7.15. The van der Waals surface area contributed by atoms with Gasteiger partial charge in [0.25, 0.3) is 0 Å². The van der Waals surface area contributed by atoms with Crippen molar-refractivity contribution in [3.8, 4) is 0 Å². The third-order valence-corrected chi connectivity index (χ3v) is 3.28. The molecule has 0 aromatic heterocycles. The molecular weight excluding hydrogens is 208 g/mol. The summed E-state index contributed by atoms with van der Waals surface area (Å²) in [5.74, 6) is 0.